The molecular weight excluding hydrogens is 322 g/mol. The van der Waals surface area contributed by atoms with Crippen LogP contribution < -0.4 is 20.7 Å². The van der Waals surface area contributed by atoms with Crippen LogP contribution in [0.4, 0.5) is 11.4 Å². The van der Waals surface area contributed by atoms with Gasteiger partial charge >= 0.3 is 0 Å². The summed E-state index contributed by atoms with van der Waals surface area (Å²) in [6.07, 6.45) is -0.737. The molecule has 0 saturated carbocycles. The number of para-hydroxylation sites is 2. The summed E-state index contributed by atoms with van der Waals surface area (Å²) in [5.41, 5.74) is 9.46. The number of anilines is 2. The molecule has 5 nitrogen and oxygen atoms in total. The number of nitrogens with zero attached hydrogens (tertiary/aromatic N) is 1. The first kappa shape index (κ1) is 16.3. The van der Waals surface area contributed by atoms with Crippen LogP contribution in [-0.2, 0) is 4.79 Å². The van der Waals surface area contributed by atoms with Gasteiger partial charge in [0.2, 0.25) is 0 Å². The fourth-order valence-electron chi connectivity index (χ4n) is 2.81. The number of ether oxygens (including phenoxy) is 1. The molecule has 6 heteroatoms. The fraction of sp³-hybridized carbons (Fsp3) is 0.222. The smallest absolute Gasteiger partial charge is 0.260 e. The van der Waals surface area contributed by atoms with Gasteiger partial charge in [-0.25, -0.2) is 0 Å². The lowest BCUT2D eigenvalue weighted by atomic mass is 10.1. The molecule has 0 aromatic heterocycles. The van der Waals surface area contributed by atoms with Gasteiger partial charge in [0.1, 0.15) is 5.75 Å². The predicted molar refractivity (Wildman–Crippen MR) is 99.5 cm³/mol. The molecule has 1 atom stereocenters. The number of hydrogen-bond acceptors (Lipinski definition) is 3. The number of nitrogens with two attached hydrogens (primary N) is 1. The van der Waals surface area contributed by atoms with Crippen molar-refractivity contribution in [3.8, 4) is 5.75 Å². The average molecular weight is 341 g/mol. The molecule has 3 rings (SSSR count). The molecule has 0 spiro atoms. The van der Waals surface area contributed by atoms with E-state index in [9.17, 15) is 4.79 Å². The van der Waals surface area contributed by atoms with Crippen molar-refractivity contribution < 1.29 is 9.53 Å². The summed E-state index contributed by atoms with van der Waals surface area (Å²) >= 11 is 5.57. The second kappa shape index (κ2) is 6.49. The molecule has 2 aromatic carbocycles. The molecule has 1 heterocycles. The van der Waals surface area contributed by atoms with Gasteiger partial charge in [-0.15, -0.1) is 0 Å². The van der Waals surface area contributed by atoms with Crippen LogP contribution in [0.25, 0.3) is 0 Å². The maximum atomic E-state index is 11.6. The second-order valence-corrected chi connectivity index (χ2v) is 6.28. The molecule has 0 aliphatic carbocycles. The number of carbonyl (C=O) groups is 1. The Morgan fingerprint density at radius 1 is 1.25 bits per heavy atom. The van der Waals surface area contributed by atoms with Crippen molar-refractivity contribution in [1.82, 2.24) is 0 Å². The van der Waals surface area contributed by atoms with E-state index in [0.717, 1.165) is 22.5 Å². The Hall–Kier alpha value is -2.60. The van der Waals surface area contributed by atoms with E-state index in [1.807, 2.05) is 49.1 Å². The molecule has 0 bridgehead atoms. The number of aryl methyl sites for hydroxylation is 2. The number of thiocarbonyl (C=S) groups is 1. The van der Waals surface area contributed by atoms with E-state index >= 15 is 0 Å². The Labute approximate surface area is 146 Å². The minimum absolute atomic E-state index is 0.281. The molecule has 3 N–H and O–H groups in total. The van der Waals surface area contributed by atoms with E-state index in [1.54, 1.807) is 6.07 Å². The van der Waals surface area contributed by atoms with Gasteiger partial charge < -0.3 is 20.7 Å². The zero-order chi connectivity index (χ0) is 17.3. The molecule has 0 radical (unpaired) electrons. The number of hydrogen-bond donors (Lipinski definition) is 2. The highest BCUT2D eigenvalue weighted by atomic mass is 32.1. The largest absolute Gasteiger partial charge is 0.477 e. The molecule has 24 heavy (non-hydrogen) atoms. The van der Waals surface area contributed by atoms with Crippen molar-refractivity contribution >= 4 is 34.6 Å². The molecule has 1 amide bonds. The predicted octanol–water partition coefficient (Wildman–Crippen LogP) is 2.75. The van der Waals surface area contributed by atoms with Crippen LogP contribution in [-0.4, -0.2) is 23.7 Å². The Morgan fingerprint density at radius 3 is 2.58 bits per heavy atom. The van der Waals surface area contributed by atoms with Crippen LogP contribution in [0.15, 0.2) is 42.5 Å². The minimum Gasteiger partial charge on any atom is -0.477 e. The van der Waals surface area contributed by atoms with Gasteiger partial charge in [0.15, 0.2) is 11.2 Å². The lowest BCUT2D eigenvalue weighted by Crippen LogP contribution is -2.50. The van der Waals surface area contributed by atoms with Crippen LogP contribution >= 0.6 is 12.2 Å². The molecule has 0 fully saturated rings. The zero-order valence-corrected chi connectivity index (χ0v) is 14.4. The van der Waals surface area contributed by atoms with Crippen LogP contribution in [0, 0.1) is 13.8 Å². The summed E-state index contributed by atoms with van der Waals surface area (Å²) < 4.78 is 5.66. The summed E-state index contributed by atoms with van der Waals surface area (Å²) in [6.45, 7) is 4.35. The standard InChI is InChI=1S/C18H19N3O2S/c1-11-7-12(2)9-13(8-11)20-18(24)21-10-16(17(19)22)23-15-6-4-3-5-14(15)21/h3-9,16H,10H2,1-2H3,(H2,19,22)(H,20,24). The summed E-state index contributed by atoms with van der Waals surface area (Å²) in [7, 11) is 0. The third-order valence-corrected chi connectivity index (χ3v) is 4.13. The van der Waals surface area contributed by atoms with E-state index in [4.69, 9.17) is 22.7 Å². The molecule has 1 aliphatic rings. The number of carbonyl (C=O) groups excluding carboxylic acids is 1. The fourth-order valence-corrected chi connectivity index (χ4v) is 3.10. The highest BCUT2D eigenvalue weighted by molar-refractivity contribution is 7.80. The Bertz CT molecular complexity index is 786. The van der Waals surface area contributed by atoms with Gasteiger partial charge in [0.05, 0.1) is 12.2 Å². The number of amides is 1. The van der Waals surface area contributed by atoms with E-state index < -0.39 is 12.0 Å². The van der Waals surface area contributed by atoms with Crippen molar-refractivity contribution in [3.63, 3.8) is 0 Å². The van der Waals surface area contributed by atoms with Gasteiger partial charge in [-0.2, -0.15) is 0 Å². The van der Waals surface area contributed by atoms with Crippen molar-refractivity contribution in [3.05, 3.63) is 53.6 Å². The monoisotopic (exact) mass is 341 g/mol. The number of rotatable bonds is 2. The van der Waals surface area contributed by atoms with Gasteiger partial charge in [-0.3, -0.25) is 4.79 Å². The SMILES string of the molecule is Cc1cc(C)cc(NC(=S)N2CC(C(N)=O)Oc3ccccc32)c1. The van der Waals surface area contributed by atoms with E-state index in [1.165, 1.54) is 0 Å². The van der Waals surface area contributed by atoms with Crippen LogP contribution in [0.3, 0.4) is 0 Å². The molecule has 0 saturated heterocycles. The number of benzene rings is 2. The van der Waals surface area contributed by atoms with Crippen molar-refractivity contribution in [2.75, 3.05) is 16.8 Å². The van der Waals surface area contributed by atoms with E-state index in [2.05, 4.69) is 11.4 Å². The highest BCUT2D eigenvalue weighted by Crippen LogP contribution is 2.33. The van der Waals surface area contributed by atoms with Gasteiger partial charge in [-0.1, -0.05) is 18.2 Å². The first-order chi connectivity index (χ1) is 11.4. The molecule has 1 aliphatic heterocycles. The second-order valence-electron chi connectivity index (χ2n) is 5.89. The first-order valence-electron chi connectivity index (χ1n) is 7.66. The molecule has 124 valence electrons. The summed E-state index contributed by atoms with van der Waals surface area (Å²) in [6, 6.07) is 13.6. The number of fused-ring (bicyclic) bond motifs is 1. The summed E-state index contributed by atoms with van der Waals surface area (Å²) in [4.78, 5) is 13.4. The lowest BCUT2D eigenvalue weighted by molar-refractivity contribution is -0.124. The topological polar surface area (TPSA) is 67.6 Å². The molecule has 1 unspecified atom stereocenters. The third-order valence-electron chi connectivity index (χ3n) is 3.81. The maximum absolute atomic E-state index is 11.6. The van der Waals surface area contributed by atoms with Crippen molar-refractivity contribution in [2.45, 2.75) is 20.0 Å². The van der Waals surface area contributed by atoms with Crippen molar-refractivity contribution in [2.24, 2.45) is 5.73 Å². The van der Waals surface area contributed by atoms with Gasteiger partial charge in [0, 0.05) is 5.69 Å². The Kier molecular flexibility index (Phi) is 4.40. The van der Waals surface area contributed by atoms with Gasteiger partial charge in [0.25, 0.3) is 5.91 Å². The van der Waals surface area contributed by atoms with Crippen LogP contribution in [0.2, 0.25) is 0 Å². The normalized spacial score (nSPS) is 16.1. The average Bonchev–Trinajstić information content (AvgIpc) is 2.52. The van der Waals surface area contributed by atoms with Crippen LogP contribution in [0.5, 0.6) is 5.75 Å². The van der Waals surface area contributed by atoms with Gasteiger partial charge in [-0.05, 0) is 61.5 Å². The van der Waals surface area contributed by atoms with Crippen molar-refractivity contribution in [1.29, 1.82) is 0 Å². The Balaban J connectivity index is 1.89. The first-order valence-corrected chi connectivity index (χ1v) is 8.06. The maximum Gasteiger partial charge on any atom is 0.260 e. The highest BCUT2D eigenvalue weighted by Gasteiger charge is 2.31. The number of primary amides is 1. The zero-order valence-electron chi connectivity index (χ0n) is 13.6. The quantitative estimate of drug-likeness (QED) is 0.822. The van der Waals surface area contributed by atoms with E-state index in [-0.39, 0.29) is 6.54 Å². The molecule has 2 aromatic rings. The summed E-state index contributed by atoms with van der Waals surface area (Å²) in [5.74, 6) is 0.0841. The van der Waals surface area contributed by atoms with Crippen LogP contribution in [0.1, 0.15) is 11.1 Å². The molecular formula is C18H19N3O2S. The number of nitrogens with one attached hydrogen (secondary N) is 1. The van der Waals surface area contributed by atoms with E-state index in [0.29, 0.717) is 10.9 Å². The third kappa shape index (κ3) is 3.33. The summed E-state index contributed by atoms with van der Waals surface area (Å²) in [5, 5.41) is 3.75. The lowest BCUT2D eigenvalue weighted by Gasteiger charge is -2.35. The Morgan fingerprint density at radius 2 is 1.92 bits per heavy atom. The minimum atomic E-state index is -0.737.